The number of carbonyl (C=O) groups is 1. The highest BCUT2D eigenvalue weighted by Gasteiger charge is 2.21. The minimum absolute atomic E-state index is 0.116. The van der Waals surface area contributed by atoms with Crippen molar-refractivity contribution in [2.24, 2.45) is 0 Å². The van der Waals surface area contributed by atoms with Crippen molar-refractivity contribution in [2.75, 3.05) is 44.7 Å². The number of amides is 1. The molecular formula is C19H26N4O4S. The maximum atomic E-state index is 12.4. The predicted octanol–water partition coefficient (Wildman–Crippen LogP) is 1.25. The Morgan fingerprint density at radius 3 is 2.50 bits per heavy atom. The van der Waals surface area contributed by atoms with Gasteiger partial charge in [0.05, 0.1) is 5.75 Å². The number of rotatable bonds is 8. The maximum Gasteiger partial charge on any atom is 0.247 e. The van der Waals surface area contributed by atoms with Crippen LogP contribution in [0.15, 0.2) is 34.7 Å². The molecule has 2 aromatic rings. The SMILES string of the molecule is CS(=O)(=O)CCN1CCN(C(=O)CCCc2nnc(-c3ccccc3)o2)CC1. The van der Waals surface area contributed by atoms with E-state index in [-0.39, 0.29) is 11.7 Å². The predicted molar refractivity (Wildman–Crippen MR) is 105 cm³/mol. The van der Waals surface area contributed by atoms with E-state index in [1.165, 1.54) is 6.26 Å². The van der Waals surface area contributed by atoms with Gasteiger partial charge in [-0.05, 0) is 18.6 Å². The highest BCUT2D eigenvalue weighted by molar-refractivity contribution is 7.90. The minimum atomic E-state index is -2.95. The molecule has 3 rings (SSSR count). The van der Waals surface area contributed by atoms with Crippen LogP contribution in [0.1, 0.15) is 18.7 Å². The van der Waals surface area contributed by atoms with E-state index >= 15 is 0 Å². The van der Waals surface area contributed by atoms with Gasteiger partial charge in [0.25, 0.3) is 0 Å². The largest absolute Gasteiger partial charge is 0.421 e. The smallest absolute Gasteiger partial charge is 0.247 e. The molecule has 1 aromatic carbocycles. The highest BCUT2D eigenvalue weighted by Crippen LogP contribution is 2.18. The van der Waals surface area contributed by atoms with Crippen LogP contribution in [-0.4, -0.2) is 79.1 Å². The van der Waals surface area contributed by atoms with E-state index in [9.17, 15) is 13.2 Å². The Bertz CT molecular complexity index is 874. The number of piperazine rings is 1. The van der Waals surface area contributed by atoms with Gasteiger partial charge in [0.2, 0.25) is 17.7 Å². The van der Waals surface area contributed by atoms with Crippen LogP contribution in [-0.2, 0) is 21.1 Å². The number of nitrogens with zero attached hydrogens (tertiary/aromatic N) is 4. The van der Waals surface area contributed by atoms with Crippen molar-refractivity contribution in [1.29, 1.82) is 0 Å². The molecule has 0 atom stereocenters. The number of aromatic nitrogens is 2. The summed E-state index contributed by atoms with van der Waals surface area (Å²) in [5, 5.41) is 8.11. The molecule has 0 radical (unpaired) electrons. The molecule has 2 heterocycles. The van der Waals surface area contributed by atoms with Crippen LogP contribution in [0, 0.1) is 0 Å². The Morgan fingerprint density at radius 1 is 1.11 bits per heavy atom. The third-order valence-corrected chi connectivity index (χ3v) is 5.70. The summed E-state index contributed by atoms with van der Waals surface area (Å²) in [6, 6.07) is 9.59. The van der Waals surface area contributed by atoms with Crippen molar-refractivity contribution in [3.05, 3.63) is 36.2 Å². The van der Waals surface area contributed by atoms with E-state index in [1.54, 1.807) is 0 Å². The van der Waals surface area contributed by atoms with Crippen LogP contribution < -0.4 is 0 Å². The zero-order valence-electron chi connectivity index (χ0n) is 16.1. The summed E-state index contributed by atoms with van der Waals surface area (Å²) in [5.74, 6) is 1.31. The topological polar surface area (TPSA) is 96.6 Å². The molecule has 0 unspecified atom stereocenters. The Morgan fingerprint density at radius 2 is 1.82 bits per heavy atom. The third-order valence-electron chi connectivity index (χ3n) is 4.77. The summed E-state index contributed by atoms with van der Waals surface area (Å²) in [4.78, 5) is 16.3. The second-order valence-corrected chi connectivity index (χ2v) is 9.33. The lowest BCUT2D eigenvalue weighted by Crippen LogP contribution is -2.49. The first kappa shape index (κ1) is 20.5. The zero-order valence-corrected chi connectivity index (χ0v) is 16.9. The van der Waals surface area contributed by atoms with Gasteiger partial charge in [-0.2, -0.15) is 0 Å². The van der Waals surface area contributed by atoms with Gasteiger partial charge in [-0.1, -0.05) is 18.2 Å². The van der Waals surface area contributed by atoms with Crippen molar-refractivity contribution < 1.29 is 17.6 Å². The van der Waals surface area contributed by atoms with E-state index in [1.807, 2.05) is 35.2 Å². The molecule has 8 nitrogen and oxygen atoms in total. The number of benzene rings is 1. The Hall–Kier alpha value is -2.26. The van der Waals surface area contributed by atoms with Gasteiger partial charge >= 0.3 is 0 Å². The fourth-order valence-electron chi connectivity index (χ4n) is 3.12. The van der Waals surface area contributed by atoms with Crippen molar-refractivity contribution in [3.63, 3.8) is 0 Å². The normalized spacial score (nSPS) is 15.7. The average molecular weight is 407 g/mol. The van der Waals surface area contributed by atoms with Crippen molar-refractivity contribution in [3.8, 4) is 11.5 Å². The summed E-state index contributed by atoms with van der Waals surface area (Å²) in [7, 11) is -2.95. The minimum Gasteiger partial charge on any atom is -0.421 e. The fourth-order valence-corrected chi connectivity index (χ4v) is 3.71. The lowest BCUT2D eigenvalue weighted by molar-refractivity contribution is -0.133. The molecular weight excluding hydrogens is 380 g/mol. The molecule has 0 spiro atoms. The first-order chi connectivity index (χ1) is 13.4. The number of carbonyl (C=O) groups excluding carboxylic acids is 1. The number of hydrogen-bond acceptors (Lipinski definition) is 7. The van der Waals surface area contributed by atoms with Crippen molar-refractivity contribution >= 4 is 15.7 Å². The summed E-state index contributed by atoms with van der Waals surface area (Å²) < 4.78 is 28.2. The molecule has 28 heavy (non-hydrogen) atoms. The molecule has 9 heteroatoms. The van der Waals surface area contributed by atoms with Crippen LogP contribution in [0.25, 0.3) is 11.5 Å². The van der Waals surface area contributed by atoms with E-state index in [4.69, 9.17) is 4.42 Å². The molecule has 1 fully saturated rings. The summed E-state index contributed by atoms with van der Waals surface area (Å²) >= 11 is 0. The average Bonchev–Trinajstić information content (AvgIpc) is 3.16. The van der Waals surface area contributed by atoms with E-state index in [0.29, 0.717) is 63.8 Å². The molecule has 0 bridgehead atoms. The van der Waals surface area contributed by atoms with Crippen LogP contribution in [0.5, 0.6) is 0 Å². The Labute approximate surface area is 165 Å². The Balaban J connectivity index is 1.38. The highest BCUT2D eigenvalue weighted by atomic mass is 32.2. The first-order valence-corrected chi connectivity index (χ1v) is 11.5. The standard InChI is InChI=1S/C19H26N4O4S/c1-28(25,26)15-14-22-10-12-23(13-11-22)18(24)9-5-8-17-20-21-19(27-17)16-6-3-2-4-7-16/h2-4,6-7H,5,8-15H2,1H3. The molecule has 0 saturated carbocycles. The molecule has 1 aliphatic rings. The van der Waals surface area contributed by atoms with Gasteiger partial charge in [-0.3, -0.25) is 9.69 Å². The summed E-state index contributed by atoms with van der Waals surface area (Å²) in [6.07, 6.45) is 2.91. The van der Waals surface area contributed by atoms with Gasteiger partial charge in [0.15, 0.2) is 0 Å². The maximum absolute atomic E-state index is 12.4. The summed E-state index contributed by atoms with van der Waals surface area (Å²) in [5.41, 5.74) is 0.881. The quantitative estimate of drug-likeness (QED) is 0.651. The zero-order chi connectivity index (χ0) is 20.0. The summed E-state index contributed by atoms with van der Waals surface area (Å²) in [6.45, 7) is 3.24. The molecule has 1 aromatic heterocycles. The van der Waals surface area contributed by atoms with Crippen LogP contribution in [0.3, 0.4) is 0 Å². The monoisotopic (exact) mass is 406 g/mol. The number of hydrogen-bond donors (Lipinski definition) is 0. The second kappa shape index (κ2) is 9.29. The van der Waals surface area contributed by atoms with E-state index in [0.717, 1.165) is 5.56 Å². The molecule has 0 aliphatic carbocycles. The second-order valence-electron chi connectivity index (χ2n) is 7.07. The van der Waals surface area contributed by atoms with E-state index in [2.05, 4.69) is 15.1 Å². The molecule has 1 saturated heterocycles. The van der Waals surface area contributed by atoms with Gasteiger partial charge in [0, 0.05) is 57.4 Å². The fraction of sp³-hybridized carbons (Fsp3) is 0.526. The number of sulfone groups is 1. The lowest BCUT2D eigenvalue weighted by Gasteiger charge is -2.34. The third kappa shape index (κ3) is 6.13. The molecule has 1 amide bonds. The van der Waals surface area contributed by atoms with Gasteiger partial charge < -0.3 is 9.32 Å². The van der Waals surface area contributed by atoms with Crippen LogP contribution in [0.4, 0.5) is 0 Å². The lowest BCUT2D eigenvalue weighted by atomic mass is 10.2. The molecule has 152 valence electrons. The molecule has 1 aliphatic heterocycles. The van der Waals surface area contributed by atoms with Crippen molar-refractivity contribution in [1.82, 2.24) is 20.0 Å². The first-order valence-electron chi connectivity index (χ1n) is 9.46. The van der Waals surface area contributed by atoms with Crippen LogP contribution >= 0.6 is 0 Å². The molecule has 0 N–H and O–H groups in total. The van der Waals surface area contributed by atoms with Gasteiger partial charge in [0.1, 0.15) is 9.84 Å². The van der Waals surface area contributed by atoms with Gasteiger partial charge in [-0.15, -0.1) is 10.2 Å². The van der Waals surface area contributed by atoms with E-state index < -0.39 is 9.84 Å². The Kier molecular flexibility index (Phi) is 6.79. The van der Waals surface area contributed by atoms with Crippen LogP contribution in [0.2, 0.25) is 0 Å². The van der Waals surface area contributed by atoms with Crippen molar-refractivity contribution in [2.45, 2.75) is 19.3 Å². The number of aryl methyl sites for hydroxylation is 1. The van der Waals surface area contributed by atoms with Gasteiger partial charge in [-0.25, -0.2) is 8.42 Å².